The van der Waals surface area contributed by atoms with E-state index in [2.05, 4.69) is 0 Å². The molecule has 1 aromatic carbocycles. The van der Waals surface area contributed by atoms with Crippen molar-refractivity contribution in [3.63, 3.8) is 0 Å². The number of hydrogen-bond donors (Lipinski definition) is 0. The molecule has 0 saturated carbocycles. The molecule has 2 rings (SSSR count). The van der Waals surface area contributed by atoms with Gasteiger partial charge in [0.05, 0.1) is 12.1 Å². The van der Waals surface area contributed by atoms with E-state index in [1.165, 1.54) is 6.07 Å². The van der Waals surface area contributed by atoms with Gasteiger partial charge in [-0.1, -0.05) is 0 Å². The highest BCUT2D eigenvalue weighted by Crippen LogP contribution is 2.17. The van der Waals surface area contributed by atoms with Gasteiger partial charge in [-0.25, -0.2) is 8.78 Å². The van der Waals surface area contributed by atoms with Crippen LogP contribution in [0.25, 0.3) is 10.9 Å². The summed E-state index contributed by atoms with van der Waals surface area (Å²) in [5.41, 5.74) is -0.387. The third kappa shape index (κ3) is 1.60. The second-order valence-electron chi connectivity index (χ2n) is 3.27. The summed E-state index contributed by atoms with van der Waals surface area (Å²) >= 11 is 0. The highest BCUT2D eigenvalue weighted by atomic mass is 19.1. The SMILES string of the molecule is O=CCn1c(=O)ccc2c(F)cc(F)cc21. The van der Waals surface area contributed by atoms with Crippen LogP contribution in [-0.4, -0.2) is 10.9 Å². The summed E-state index contributed by atoms with van der Waals surface area (Å²) in [6, 6.07) is 4.18. The lowest BCUT2D eigenvalue weighted by Gasteiger charge is -2.07. The fourth-order valence-corrected chi connectivity index (χ4v) is 1.59. The van der Waals surface area contributed by atoms with Crippen molar-refractivity contribution in [3.05, 3.63) is 46.3 Å². The minimum atomic E-state index is -0.782. The summed E-state index contributed by atoms with van der Waals surface area (Å²) in [6.07, 6.45) is 0.504. The van der Waals surface area contributed by atoms with Crippen molar-refractivity contribution in [1.29, 1.82) is 0 Å². The van der Waals surface area contributed by atoms with Gasteiger partial charge in [0, 0.05) is 17.5 Å². The first kappa shape index (κ1) is 10.5. The van der Waals surface area contributed by atoms with Crippen LogP contribution in [0.3, 0.4) is 0 Å². The summed E-state index contributed by atoms with van der Waals surface area (Å²) in [5.74, 6) is -1.54. The zero-order valence-corrected chi connectivity index (χ0v) is 8.11. The van der Waals surface area contributed by atoms with E-state index >= 15 is 0 Å². The number of pyridine rings is 1. The Balaban J connectivity index is 2.91. The average Bonchev–Trinajstić information content (AvgIpc) is 2.22. The van der Waals surface area contributed by atoms with Crippen molar-refractivity contribution in [2.24, 2.45) is 0 Å². The Morgan fingerprint density at radius 2 is 2.00 bits per heavy atom. The molecule has 0 spiro atoms. The van der Waals surface area contributed by atoms with E-state index in [9.17, 15) is 18.4 Å². The zero-order valence-electron chi connectivity index (χ0n) is 8.11. The topological polar surface area (TPSA) is 39.1 Å². The Hall–Kier alpha value is -2.04. The summed E-state index contributed by atoms with van der Waals surface area (Å²) in [7, 11) is 0. The minimum absolute atomic E-state index is 0.0806. The summed E-state index contributed by atoms with van der Waals surface area (Å²) in [6.45, 7) is -0.223. The quantitative estimate of drug-likeness (QED) is 0.723. The molecule has 0 N–H and O–H groups in total. The zero-order chi connectivity index (χ0) is 11.7. The minimum Gasteiger partial charge on any atom is -0.301 e. The summed E-state index contributed by atoms with van der Waals surface area (Å²) in [4.78, 5) is 21.8. The maximum absolute atomic E-state index is 13.4. The molecule has 0 aliphatic carbocycles. The van der Waals surface area contributed by atoms with Crippen LogP contribution < -0.4 is 5.56 Å². The number of fused-ring (bicyclic) bond motifs is 1. The van der Waals surface area contributed by atoms with Crippen molar-refractivity contribution in [3.8, 4) is 0 Å². The number of halogens is 2. The fraction of sp³-hybridized carbons (Fsp3) is 0.0909. The van der Waals surface area contributed by atoms with Gasteiger partial charge in [0.15, 0.2) is 0 Å². The Morgan fingerprint density at radius 1 is 1.25 bits per heavy atom. The lowest BCUT2D eigenvalue weighted by molar-refractivity contribution is -0.108. The number of aromatic nitrogens is 1. The lowest BCUT2D eigenvalue weighted by Crippen LogP contribution is -2.20. The highest BCUT2D eigenvalue weighted by Gasteiger charge is 2.08. The third-order valence-electron chi connectivity index (χ3n) is 2.28. The van der Waals surface area contributed by atoms with Crippen molar-refractivity contribution in [1.82, 2.24) is 4.57 Å². The van der Waals surface area contributed by atoms with Crippen molar-refractivity contribution in [2.75, 3.05) is 0 Å². The normalized spacial score (nSPS) is 10.6. The molecule has 0 radical (unpaired) electrons. The van der Waals surface area contributed by atoms with E-state index in [0.29, 0.717) is 6.29 Å². The molecular weight excluding hydrogens is 216 g/mol. The first-order chi connectivity index (χ1) is 7.63. The van der Waals surface area contributed by atoms with E-state index in [-0.39, 0.29) is 17.4 Å². The number of carbonyl (C=O) groups is 1. The number of carbonyl (C=O) groups excluding carboxylic acids is 1. The van der Waals surface area contributed by atoms with E-state index < -0.39 is 17.2 Å². The van der Waals surface area contributed by atoms with Crippen molar-refractivity contribution in [2.45, 2.75) is 6.54 Å². The number of benzene rings is 1. The predicted molar refractivity (Wildman–Crippen MR) is 54.2 cm³/mol. The Bertz CT molecular complexity index is 619. The molecule has 0 unspecified atom stereocenters. The lowest BCUT2D eigenvalue weighted by atomic mass is 10.2. The molecule has 0 aliphatic rings. The van der Waals surface area contributed by atoms with Gasteiger partial charge in [-0.3, -0.25) is 4.79 Å². The van der Waals surface area contributed by atoms with Gasteiger partial charge < -0.3 is 9.36 Å². The van der Waals surface area contributed by atoms with Crippen molar-refractivity contribution >= 4 is 17.2 Å². The number of nitrogens with zero attached hydrogens (tertiary/aromatic N) is 1. The average molecular weight is 223 g/mol. The molecule has 0 saturated heterocycles. The molecule has 0 amide bonds. The Morgan fingerprint density at radius 3 is 2.69 bits per heavy atom. The molecule has 0 aliphatic heterocycles. The van der Waals surface area contributed by atoms with Crippen LogP contribution in [0.5, 0.6) is 0 Å². The summed E-state index contributed by atoms with van der Waals surface area (Å²) < 4.78 is 27.4. The van der Waals surface area contributed by atoms with Crippen LogP contribution >= 0.6 is 0 Å². The van der Waals surface area contributed by atoms with Gasteiger partial charge in [0.25, 0.3) is 5.56 Å². The van der Waals surface area contributed by atoms with Gasteiger partial charge >= 0.3 is 0 Å². The monoisotopic (exact) mass is 223 g/mol. The molecular formula is C11H7F2NO2. The molecule has 0 atom stereocenters. The van der Waals surface area contributed by atoms with E-state index in [4.69, 9.17) is 0 Å². The van der Waals surface area contributed by atoms with Crippen LogP contribution in [-0.2, 0) is 11.3 Å². The maximum atomic E-state index is 13.4. The Kier molecular flexibility index (Phi) is 2.52. The molecule has 0 fully saturated rings. The standard InChI is InChI=1S/C11H7F2NO2/c12-7-5-9(13)8-1-2-11(16)14(3-4-15)10(8)6-7/h1-2,4-6H,3H2. The first-order valence-electron chi connectivity index (χ1n) is 4.55. The van der Waals surface area contributed by atoms with E-state index in [0.717, 1.165) is 22.8 Å². The molecule has 16 heavy (non-hydrogen) atoms. The predicted octanol–water partition coefficient (Wildman–Crippen LogP) is 1.48. The van der Waals surface area contributed by atoms with Crippen molar-refractivity contribution < 1.29 is 13.6 Å². The first-order valence-corrected chi connectivity index (χ1v) is 4.55. The Labute approximate surface area is 88.9 Å². The highest BCUT2D eigenvalue weighted by molar-refractivity contribution is 5.80. The molecule has 0 bridgehead atoms. The molecule has 1 heterocycles. The second kappa shape index (κ2) is 3.84. The molecule has 5 heteroatoms. The van der Waals surface area contributed by atoms with Gasteiger partial charge in [0.1, 0.15) is 17.9 Å². The molecule has 82 valence electrons. The van der Waals surface area contributed by atoms with Crippen LogP contribution in [0.15, 0.2) is 29.1 Å². The molecule has 3 nitrogen and oxygen atoms in total. The summed E-state index contributed by atoms with van der Waals surface area (Å²) in [5, 5.41) is 0.114. The smallest absolute Gasteiger partial charge is 0.251 e. The van der Waals surface area contributed by atoms with Crippen LogP contribution in [0.2, 0.25) is 0 Å². The van der Waals surface area contributed by atoms with Crippen LogP contribution in [0, 0.1) is 11.6 Å². The number of aldehydes is 1. The molecule has 2 aromatic rings. The fourth-order valence-electron chi connectivity index (χ4n) is 1.59. The number of rotatable bonds is 2. The number of hydrogen-bond acceptors (Lipinski definition) is 2. The van der Waals surface area contributed by atoms with Gasteiger partial charge in [-0.2, -0.15) is 0 Å². The van der Waals surface area contributed by atoms with Gasteiger partial charge in [-0.15, -0.1) is 0 Å². The molecule has 1 aromatic heterocycles. The van der Waals surface area contributed by atoms with Gasteiger partial charge in [-0.05, 0) is 12.1 Å². The maximum Gasteiger partial charge on any atom is 0.251 e. The van der Waals surface area contributed by atoms with E-state index in [1.807, 2.05) is 0 Å². The second-order valence-corrected chi connectivity index (χ2v) is 3.27. The van der Waals surface area contributed by atoms with Crippen LogP contribution in [0.1, 0.15) is 0 Å². The van der Waals surface area contributed by atoms with E-state index in [1.54, 1.807) is 0 Å². The van der Waals surface area contributed by atoms with Crippen LogP contribution in [0.4, 0.5) is 8.78 Å². The van der Waals surface area contributed by atoms with Gasteiger partial charge in [0.2, 0.25) is 0 Å². The third-order valence-corrected chi connectivity index (χ3v) is 2.28. The largest absolute Gasteiger partial charge is 0.301 e.